The van der Waals surface area contributed by atoms with Crippen molar-refractivity contribution in [2.45, 2.75) is 32.2 Å². The van der Waals surface area contributed by atoms with Gasteiger partial charge in [0.1, 0.15) is 11.3 Å². The summed E-state index contributed by atoms with van der Waals surface area (Å²) >= 11 is 0. The lowest BCUT2D eigenvalue weighted by Gasteiger charge is -2.19. The van der Waals surface area contributed by atoms with Crippen molar-refractivity contribution in [3.63, 3.8) is 0 Å². The number of fused-ring (bicyclic) bond motifs is 1. The number of carbonyl (C=O) groups is 2. The van der Waals surface area contributed by atoms with E-state index in [-0.39, 0.29) is 36.3 Å². The molecule has 0 unspecified atom stereocenters. The molecule has 9 heteroatoms. The van der Waals surface area contributed by atoms with Gasteiger partial charge in [-0.25, -0.2) is 4.79 Å². The van der Waals surface area contributed by atoms with Crippen LogP contribution in [0, 0.1) is 6.92 Å². The van der Waals surface area contributed by atoms with E-state index in [9.17, 15) is 28.8 Å². The Kier molecular flexibility index (Phi) is 6.73. The summed E-state index contributed by atoms with van der Waals surface area (Å²) in [5, 5.41) is 23.5. The molecule has 1 heterocycles. The lowest BCUT2D eigenvalue weighted by molar-refractivity contribution is -0.308. The number of aliphatic carboxylic acids is 1. The second-order valence-corrected chi connectivity index (χ2v) is 7.73. The zero-order valence-corrected chi connectivity index (χ0v) is 15.8. The van der Waals surface area contributed by atoms with E-state index in [4.69, 9.17) is 4.42 Å². The first-order valence-corrected chi connectivity index (χ1v) is 9.97. The summed E-state index contributed by atoms with van der Waals surface area (Å²) < 4.78 is 16.3. The number of nitrogens with one attached hydrogen (secondary N) is 1. The molecule has 2 atom stereocenters. The number of benzene rings is 1. The molecular weight excluding hydrogens is 374 g/mol. The summed E-state index contributed by atoms with van der Waals surface area (Å²) in [5.41, 5.74) is 0.571. The third-order valence-corrected chi connectivity index (χ3v) is 5.00. The first-order valence-electron chi connectivity index (χ1n) is 8.24. The molecule has 0 aliphatic heterocycles. The maximum absolute atomic E-state index is 12.2. The van der Waals surface area contributed by atoms with Gasteiger partial charge in [-0.05, 0) is 37.5 Å². The highest BCUT2D eigenvalue weighted by molar-refractivity contribution is 7.84. The smallest absolute Gasteiger partial charge is 0.339 e. The molecule has 0 saturated carbocycles. The summed E-state index contributed by atoms with van der Waals surface area (Å²) in [7, 11) is -1.19. The minimum absolute atomic E-state index is 0.00216. The van der Waals surface area contributed by atoms with Crippen LogP contribution in [-0.4, -0.2) is 39.2 Å². The highest BCUT2D eigenvalue weighted by Crippen LogP contribution is 2.23. The fourth-order valence-corrected chi connectivity index (χ4v) is 3.28. The van der Waals surface area contributed by atoms with Gasteiger partial charge in [-0.3, -0.25) is 9.00 Å². The zero-order chi connectivity index (χ0) is 20.1. The Morgan fingerprint density at radius 1 is 1.37 bits per heavy atom. The molecule has 1 aromatic heterocycles. The third kappa shape index (κ3) is 5.40. The molecule has 0 bridgehead atoms. The summed E-state index contributed by atoms with van der Waals surface area (Å²) in [5.74, 6) is -1.91. The molecule has 27 heavy (non-hydrogen) atoms. The van der Waals surface area contributed by atoms with Crippen LogP contribution in [0.25, 0.3) is 11.0 Å². The average Bonchev–Trinajstić information content (AvgIpc) is 2.57. The second-order valence-electron chi connectivity index (χ2n) is 6.18. The van der Waals surface area contributed by atoms with Gasteiger partial charge in [0.25, 0.3) is 0 Å². The SMILES string of the molecule is Cc1c(CCC(=O)N[C@H](CC[S@](C)=O)C(=O)[O-])c(=O)oc2cc(O)ccc12. The number of hydrogen-bond acceptors (Lipinski definition) is 7. The average molecular weight is 394 g/mol. The number of carboxylic acid groups (broad SMARTS) is 1. The van der Waals surface area contributed by atoms with Crippen molar-refractivity contribution in [2.75, 3.05) is 12.0 Å². The van der Waals surface area contributed by atoms with Crippen molar-refractivity contribution in [3.8, 4) is 5.75 Å². The number of carboxylic acids is 1. The number of phenolic OH excluding ortho intramolecular Hbond substituents is 1. The minimum atomic E-state index is -1.45. The van der Waals surface area contributed by atoms with Crippen LogP contribution in [0.4, 0.5) is 0 Å². The van der Waals surface area contributed by atoms with Gasteiger partial charge < -0.3 is 24.7 Å². The minimum Gasteiger partial charge on any atom is -0.548 e. The largest absolute Gasteiger partial charge is 0.548 e. The van der Waals surface area contributed by atoms with Crippen LogP contribution < -0.4 is 16.0 Å². The lowest BCUT2D eigenvalue weighted by Crippen LogP contribution is -2.48. The number of aryl methyl sites for hydroxylation is 1. The van der Waals surface area contributed by atoms with Gasteiger partial charge in [0, 0.05) is 46.2 Å². The van der Waals surface area contributed by atoms with E-state index in [0.29, 0.717) is 16.5 Å². The Bertz CT molecular complexity index is 951. The summed E-state index contributed by atoms with van der Waals surface area (Å²) in [6, 6.07) is 3.18. The van der Waals surface area contributed by atoms with E-state index in [2.05, 4.69) is 5.32 Å². The molecule has 0 radical (unpaired) electrons. The number of carbonyl (C=O) groups excluding carboxylic acids is 2. The predicted molar refractivity (Wildman–Crippen MR) is 97.7 cm³/mol. The molecule has 2 aromatic rings. The molecule has 0 aliphatic rings. The Morgan fingerprint density at radius 2 is 2.07 bits per heavy atom. The predicted octanol–water partition coefficient (Wildman–Crippen LogP) is -0.257. The van der Waals surface area contributed by atoms with Crippen LogP contribution in [0.3, 0.4) is 0 Å². The van der Waals surface area contributed by atoms with Crippen molar-refractivity contribution in [3.05, 3.63) is 39.7 Å². The van der Waals surface area contributed by atoms with E-state index in [0.717, 1.165) is 0 Å². The van der Waals surface area contributed by atoms with Crippen LogP contribution in [0.5, 0.6) is 5.75 Å². The summed E-state index contributed by atoms with van der Waals surface area (Å²) in [6.45, 7) is 1.71. The number of rotatable bonds is 8. The van der Waals surface area contributed by atoms with Crippen LogP contribution in [0.2, 0.25) is 0 Å². The van der Waals surface area contributed by atoms with E-state index >= 15 is 0 Å². The number of aromatic hydroxyl groups is 1. The topological polar surface area (TPSA) is 137 Å². The third-order valence-electron chi connectivity index (χ3n) is 4.19. The van der Waals surface area contributed by atoms with Gasteiger partial charge in [-0.15, -0.1) is 0 Å². The molecule has 0 saturated heterocycles. The molecule has 0 spiro atoms. The molecule has 1 aromatic carbocycles. The van der Waals surface area contributed by atoms with Gasteiger partial charge in [0.05, 0.1) is 12.0 Å². The highest BCUT2D eigenvalue weighted by atomic mass is 32.2. The second kappa shape index (κ2) is 8.81. The van der Waals surface area contributed by atoms with E-state index < -0.39 is 34.3 Å². The number of hydrogen-bond donors (Lipinski definition) is 2. The molecular formula is C18H20NO7S-. The van der Waals surface area contributed by atoms with Crippen LogP contribution in [0.15, 0.2) is 27.4 Å². The molecule has 1 amide bonds. The van der Waals surface area contributed by atoms with Crippen LogP contribution in [-0.2, 0) is 26.8 Å². The monoisotopic (exact) mass is 394 g/mol. The summed E-state index contributed by atoms with van der Waals surface area (Å²) in [6.07, 6.45) is 1.39. The van der Waals surface area contributed by atoms with E-state index in [1.807, 2.05) is 0 Å². The Balaban J connectivity index is 2.10. The van der Waals surface area contributed by atoms with Gasteiger partial charge in [0.2, 0.25) is 5.91 Å². The van der Waals surface area contributed by atoms with Crippen molar-refractivity contribution in [2.24, 2.45) is 0 Å². The fourth-order valence-electron chi connectivity index (χ4n) is 2.71. The molecule has 146 valence electrons. The normalized spacial score (nSPS) is 13.3. The van der Waals surface area contributed by atoms with Gasteiger partial charge in [-0.2, -0.15) is 0 Å². The maximum atomic E-state index is 12.2. The highest BCUT2D eigenvalue weighted by Gasteiger charge is 2.17. The quantitative estimate of drug-likeness (QED) is 0.589. The molecule has 0 fully saturated rings. The van der Waals surface area contributed by atoms with Crippen LogP contribution >= 0.6 is 0 Å². The van der Waals surface area contributed by atoms with E-state index in [1.54, 1.807) is 13.0 Å². The lowest BCUT2D eigenvalue weighted by atomic mass is 10.0. The van der Waals surface area contributed by atoms with Gasteiger partial charge in [-0.1, -0.05) is 0 Å². The summed E-state index contributed by atoms with van der Waals surface area (Å²) in [4.78, 5) is 35.3. The number of amides is 1. The number of phenols is 1. The van der Waals surface area contributed by atoms with Gasteiger partial charge in [0.15, 0.2) is 0 Å². The maximum Gasteiger partial charge on any atom is 0.339 e. The van der Waals surface area contributed by atoms with Crippen molar-refractivity contribution in [1.82, 2.24) is 5.32 Å². The van der Waals surface area contributed by atoms with E-state index in [1.165, 1.54) is 18.4 Å². The standard InChI is InChI=1S/C18H21NO7S/c1-10-12-4-3-11(20)9-15(12)26-18(24)13(10)5-6-16(21)19-14(17(22)23)7-8-27(2)25/h3-4,9,14,20H,5-8H2,1-2H3,(H,19,21)(H,22,23)/p-1/t14-,27+/m1/s1. The molecule has 2 N–H and O–H groups in total. The first kappa shape index (κ1) is 20.6. The zero-order valence-electron chi connectivity index (χ0n) is 14.9. The van der Waals surface area contributed by atoms with Crippen LogP contribution in [0.1, 0.15) is 24.0 Å². The first-order chi connectivity index (χ1) is 12.7. The van der Waals surface area contributed by atoms with Gasteiger partial charge >= 0.3 is 5.63 Å². The fraction of sp³-hybridized carbons (Fsp3) is 0.389. The Hall–Kier alpha value is -2.68. The molecule has 8 nitrogen and oxygen atoms in total. The Morgan fingerprint density at radius 3 is 2.70 bits per heavy atom. The molecule has 0 aliphatic carbocycles. The Labute approximate surface area is 157 Å². The van der Waals surface area contributed by atoms with Crippen molar-refractivity contribution in [1.29, 1.82) is 0 Å². The van der Waals surface area contributed by atoms with Crippen molar-refractivity contribution >= 4 is 33.6 Å². The molecule has 2 rings (SSSR count). The van der Waals surface area contributed by atoms with Crippen molar-refractivity contribution < 1.29 is 28.4 Å².